The van der Waals surface area contributed by atoms with Crippen molar-refractivity contribution in [3.8, 4) is 0 Å². The van der Waals surface area contributed by atoms with Gasteiger partial charge < -0.3 is 4.90 Å². The minimum atomic E-state index is -0.132. The topological polar surface area (TPSA) is 23.6 Å². The van der Waals surface area contributed by atoms with Crippen LogP contribution >= 0.6 is 0 Å². The molecule has 0 N–H and O–H groups in total. The lowest BCUT2D eigenvalue weighted by Crippen LogP contribution is -2.50. The monoisotopic (exact) mass is 232 g/mol. The maximum absolute atomic E-state index is 12.4. The van der Waals surface area contributed by atoms with Gasteiger partial charge in [-0.1, -0.05) is 18.2 Å². The zero-order valence-electron chi connectivity index (χ0n) is 11.0. The molecule has 2 amide bonds. The standard InChI is InChI=1S/C14H20N2O/c1-14(2,3)16-10-9-11-7-5-6-8-12(11)15(4)13(16)17/h5-8H,9-10H2,1-4H3. The molecule has 0 bridgehead atoms. The number of hydrogen-bond donors (Lipinski definition) is 0. The summed E-state index contributed by atoms with van der Waals surface area (Å²) in [6, 6.07) is 8.21. The molecule has 0 atom stereocenters. The van der Waals surface area contributed by atoms with Crippen LogP contribution in [0.2, 0.25) is 0 Å². The third-order valence-corrected chi connectivity index (χ3v) is 3.29. The van der Waals surface area contributed by atoms with E-state index >= 15 is 0 Å². The molecule has 1 heterocycles. The first kappa shape index (κ1) is 12.0. The fourth-order valence-electron chi connectivity index (χ4n) is 2.28. The lowest BCUT2D eigenvalue weighted by molar-refractivity contribution is 0.155. The minimum absolute atomic E-state index is 0.0856. The molecule has 1 aliphatic heterocycles. The highest BCUT2D eigenvalue weighted by Crippen LogP contribution is 2.27. The van der Waals surface area contributed by atoms with Crippen molar-refractivity contribution in [2.45, 2.75) is 32.7 Å². The van der Waals surface area contributed by atoms with Crippen LogP contribution in [-0.2, 0) is 6.42 Å². The van der Waals surface area contributed by atoms with Gasteiger partial charge in [-0.15, -0.1) is 0 Å². The van der Waals surface area contributed by atoms with E-state index in [0.29, 0.717) is 0 Å². The molecule has 3 nitrogen and oxygen atoms in total. The van der Waals surface area contributed by atoms with Crippen molar-refractivity contribution in [2.75, 3.05) is 18.5 Å². The lowest BCUT2D eigenvalue weighted by Gasteiger charge is -2.36. The van der Waals surface area contributed by atoms with Crippen molar-refractivity contribution >= 4 is 11.7 Å². The van der Waals surface area contributed by atoms with E-state index in [1.807, 2.05) is 30.1 Å². The Morgan fingerprint density at radius 1 is 1.18 bits per heavy atom. The van der Waals surface area contributed by atoms with Crippen LogP contribution < -0.4 is 4.90 Å². The van der Waals surface area contributed by atoms with Crippen LogP contribution in [0, 0.1) is 0 Å². The molecule has 0 aliphatic carbocycles. The molecule has 0 aromatic heterocycles. The van der Waals surface area contributed by atoms with Gasteiger partial charge in [0.2, 0.25) is 0 Å². The fraction of sp³-hybridized carbons (Fsp3) is 0.500. The van der Waals surface area contributed by atoms with Crippen LogP contribution in [0.4, 0.5) is 10.5 Å². The first-order valence-corrected chi connectivity index (χ1v) is 6.04. The molecule has 0 saturated heterocycles. The van der Waals surface area contributed by atoms with Crippen LogP contribution in [0.3, 0.4) is 0 Å². The van der Waals surface area contributed by atoms with Gasteiger partial charge in [0.1, 0.15) is 0 Å². The Kier molecular flexibility index (Phi) is 2.86. The van der Waals surface area contributed by atoms with E-state index < -0.39 is 0 Å². The number of amides is 2. The van der Waals surface area contributed by atoms with E-state index in [9.17, 15) is 4.79 Å². The predicted octanol–water partition coefficient (Wildman–Crippen LogP) is 2.90. The number of hydrogen-bond acceptors (Lipinski definition) is 1. The number of rotatable bonds is 0. The SMILES string of the molecule is CN1C(=O)N(C(C)(C)C)CCc2ccccc21. The van der Waals surface area contributed by atoms with E-state index in [0.717, 1.165) is 18.7 Å². The van der Waals surface area contributed by atoms with Gasteiger partial charge in [-0.05, 0) is 38.8 Å². The Bertz CT molecular complexity index is 434. The third kappa shape index (κ3) is 2.14. The van der Waals surface area contributed by atoms with Crippen LogP contribution in [0.15, 0.2) is 24.3 Å². The van der Waals surface area contributed by atoms with Gasteiger partial charge in [0, 0.05) is 24.8 Å². The van der Waals surface area contributed by atoms with Gasteiger partial charge in [-0.25, -0.2) is 4.79 Å². The van der Waals surface area contributed by atoms with E-state index in [1.165, 1.54) is 5.56 Å². The van der Waals surface area contributed by atoms with Gasteiger partial charge in [-0.3, -0.25) is 4.90 Å². The molecule has 92 valence electrons. The molecular formula is C14H20N2O. The van der Waals surface area contributed by atoms with Crippen molar-refractivity contribution in [3.05, 3.63) is 29.8 Å². The second-order valence-electron chi connectivity index (χ2n) is 5.54. The number of para-hydroxylation sites is 1. The number of nitrogens with zero attached hydrogens (tertiary/aromatic N) is 2. The summed E-state index contributed by atoms with van der Waals surface area (Å²) in [7, 11) is 1.85. The Morgan fingerprint density at radius 3 is 2.47 bits per heavy atom. The molecule has 2 rings (SSSR count). The summed E-state index contributed by atoms with van der Waals surface area (Å²) in [5.74, 6) is 0. The van der Waals surface area contributed by atoms with Crippen molar-refractivity contribution < 1.29 is 4.79 Å². The summed E-state index contributed by atoms with van der Waals surface area (Å²) in [6.07, 6.45) is 0.920. The highest BCUT2D eigenvalue weighted by molar-refractivity contribution is 5.93. The average Bonchev–Trinajstić information content (AvgIpc) is 2.38. The van der Waals surface area contributed by atoms with Crippen LogP contribution in [0.25, 0.3) is 0 Å². The first-order valence-electron chi connectivity index (χ1n) is 6.04. The highest BCUT2D eigenvalue weighted by atomic mass is 16.2. The van der Waals surface area contributed by atoms with Crippen molar-refractivity contribution in [3.63, 3.8) is 0 Å². The van der Waals surface area contributed by atoms with E-state index in [-0.39, 0.29) is 11.6 Å². The Balaban J connectivity index is 2.39. The molecule has 0 saturated carbocycles. The van der Waals surface area contributed by atoms with Gasteiger partial charge in [0.25, 0.3) is 0 Å². The third-order valence-electron chi connectivity index (χ3n) is 3.29. The quantitative estimate of drug-likeness (QED) is 0.674. The van der Waals surface area contributed by atoms with Gasteiger partial charge >= 0.3 is 6.03 Å². The molecule has 1 aromatic rings. The molecule has 1 aromatic carbocycles. The number of fused-ring (bicyclic) bond motifs is 1. The molecule has 0 radical (unpaired) electrons. The van der Waals surface area contributed by atoms with Gasteiger partial charge in [-0.2, -0.15) is 0 Å². The zero-order valence-corrected chi connectivity index (χ0v) is 11.0. The highest BCUT2D eigenvalue weighted by Gasteiger charge is 2.31. The van der Waals surface area contributed by atoms with E-state index in [2.05, 4.69) is 26.8 Å². The van der Waals surface area contributed by atoms with E-state index in [4.69, 9.17) is 0 Å². The summed E-state index contributed by atoms with van der Waals surface area (Å²) >= 11 is 0. The smallest absolute Gasteiger partial charge is 0.319 e. The van der Waals surface area contributed by atoms with Crippen LogP contribution in [0.5, 0.6) is 0 Å². The predicted molar refractivity (Wildman–Crippen MR) is 70.4 cm³/mol. The number of anilines is 1. The van der Waals surface area contributed by atoms with Gasteiger partial charge in [0.15, 0.2) is 0 Å². The molecule has 0 unspecified atom stereocenters. The minimum Gasteiger partial charge on any atom is -0.319 e. The summed E-state index contributed by atoms with van der Waals surface area (Å²) in [6.45, 7) is 7.02. The van der Waals surface area contributed by atoms with E-state index in [1.54, 1.807) is 4.90 Å². The maximum atomic E-state index is 12.4. The number of benzene rings is 1. The van der Waals surface area contributed by atoms with Crippen LogP contribution in [0.1, 0.15) is 26.3 Å². The number of carbonyl (C=O) groups excluding carboxylic acids is 1. The second kappa shape index (κ2) is 4.06. The molecule has 0 spiro atoms. The zero-order chi connectivity index (χ0) is 12.6. The number of urea groups is 1. The average molecular weight is 232 g/mol. The van der Waals surface area contributed by atoms with Gasteiger partial charge in [0.05, 0.1) is 0 Å². The first-order chi connectivity index (χ1) is 7.91. The van der Waals surface area contributed by atoms with Crippen LogP contribution in [-0.4, -0.2) is 30.1 Å². The summed E-state index contributed by atoms with van der Waals surface area (Å²) in [5, 5.41) is 0. The Morgan fingerprint density at radius 2 is 1.82 bits per heavy atom. The molecular weight excluding hydrogens is 212 g/mol. The molecule has 0 fully saturated rings. The molecule has 3 heteroatoms. The normalized spacial score (nSPS) is 16.8. The summed E-state index contributed by atoms with van der Waals surface area (Å²) in [5.41, 5.74) is 2.15. The maximum Gasteiger partial charge on any atom is 0.324 e. The van der Waals surface area contributed by atoms with Crippen molar-refractivity contribution in [1.82, 2.24) is 4.90 Å². The fourth-order valence-corrected chi connectivity index (χ4v) is 2.28. The summed E-state index contributed by atoms with van der Waals surface area (Å²) in [4.78, 5) is 16.1. The summed E-state index contributed by atoms with van der Waals surface area (Å²) < 4.78 is 0. The lowest BCUT2D eigenvalue weighted by atomic mass is 10.1. The largest absolute Gasteiger partial charge is 0.324 e. The van der Waals surface area contributed by atoms with Crippen molar-refractivity contribution in [1.29, 1.82) is 0 Å². The van der Waals surface area contributed by atoms with Crippen molar-refractivity contribution in [2.24, 2.45) is 0 Å². The Hall–Kier alpha value is -1.51. The Labute approximate surface area is 103 Å². The molecule has 17 heavy (non-hydrogen) atoms. The number of carbonyl (C=O) groups is 1. The molecule has 1 aliphatic rings. The second-order valence-corrected chi connectivity index (χ2v) is 5.54.